The molecular formula is C12H14BrNO4S. The Morgan fingerprint density at radius 1 is 1.42 bits per heavy atom. The van der Waals surface area contributed by atoms with E-state index in [2.05, 4.69) is 15.9 Å². The molecule has 0 aliphatic carbocycles. The number of fused-ring (bicyclic) bond motifs is 1. The van der Waals surface area contributed by atoms with Gasteiger partial charge in [-0.15, -0.1) is 0 Å². The number of benzene rings is 1. The van der Waals surface area contributed by atoms with Crippen molar-refractivity contribution in [2.75, 3.05) is 12.0 Å². The van der Waals surface area contributed by atoms with Crippen LogP contribution >= 0.6 is 15.9 Å². The summed E-state index contributed by atoms with van der Waals surface area (Å²) >= 11 is 3.34. The average Bonchev–Trinajstić information content (AvgIpc) is 2.60. The molecule has 0 aliphatic rings. The minimum Gasteiger partial charge on any atom is -0.408 e. The number of sulfone groups is 1. The lowest BCUT2D eigenvalue weighted by Gasteiger charge is -2.08. The molecule has 0 fully saturated rings. The molecule has 1 atom stereocenters. The van der Waals surface area contributed by atoms with Gasteiger partial charge in [0.05, 0.1) is 16.1 Å². The fourth-order valence-electron chi connectivity index (χ4n) is 1.94. The number of alkyl halides is 1. The van der Waals surface area contributed by atoms with Crippen LogP contribution in [0.3, 0.4) is 0 Å². The Morgan fingerprint density at radius 2 is 2.11 bits per heavy atom. The lowest BCUT2D eigenvalue weighted by atomic mass is 10.1. The zero-order valence-corrected chi connectivity index (χ0v) is 13.0. The highest BCUT2D eigenvalue weighted by molar-refractivity contribution is 9.09. The Hall–Kier alpha value is -1.08. The molecule has 1 aromatic heterocycles. The van der Waals surface area contributed by atoms with Crippen molar-refractivity contribution < 1.29 is 12.8 Å². The van der Waals surface area contributed by atoms with Crippen LogP contribution in [0.1, 0.15) is 17.3 Å². The number of hydrogen-bond donors (Lipinski definition) is 0. The molecule has 0 N–H and O–H groups in total. The summed E-state index contributed by atoms with van der Waals surface area (Å²) in [5.41, 5.74) is 1.97. The number of nitrogens with zero attached hydrogens (tertiary/aromatic N) is 1. The number of hydrogen-bond acceptors (Lipinski definition) is 4. The standard InChI is InChI=1S/C12H14BrNO4S/c1-3-14-10-5-4-8(6-11(10)18-12(14)15)9(13)7-19(2,16)17/h4-6,9H,3,7H2,1-2H3. The maximum absolute atomic E-state index is 11.6. The van der Waals surface area contributed by atoms with Crippen molar-refractivity contribution in [3.05, 3.63) is 34.3 Å². The fraction of sp³-hybridized carbons (Fsp3) is 0.417. The molecule has 0 radical (unpaired) electrons. The van der Waals surface area contributed by atoms with E-state index in [0.29, 0.717) is 12.1 Å². The molecule has 0 saturated heterocycles. The van der Waals surface area contributed by atoms with E-state index in [1.165, 1.54) is 10.8 Å². The van der Waals surface area contributed by atoms with Gasteiger partial charge in [-0.2, -0.15) is 0 Å². The van der Waals surface area contributed by atoms with Crippen LogP contribution in [0.25, 0.3) is 11.1 Å². The number of oxazole rings is 1. The number of aryl methyl sites for hydroxylation is 1. The van der Waals surface area contributed by atoms with Crippen molar-refractivity contribution in [3.8, 4) is 0 Å². The summed E-state index contributed by atoms with van der Waals surface area (Å²) in [6, 6.07) is 5.27. The monoisotopic (exact) mass is 347 g/mol. The topological polar surface area (TPSA) is 69.3 Å². The summed E-state index contributed by atoms with van der Waals surface area (Å²) in [6.45, 7) is 2.40. The summed E-state index contributed by atoms with van der Waals surface area (Å²) < 4.78 is 29.2. The Balaban J connectivity index is 2.45. The smallest absolute Gasteiger partial charge is 0.408 e. The molecule has 1 heterocycles. The maximum Gasteiger partial charge on any atom is 0.419 e. The van der Waals surface area contributed by atoms with Crippen molar-refractivity contribution in [1.82, 2.24) is 4.57 Å². The second kappa shape index (κ2) is 5.13. The lowest BCUT2D eigenvalue weighted by molar-refractivity contribution is 0.513. The van der Waals surface area contributed by atoms with E-state index in [9.17, 15) is 13.2 Å². The van der Waals surface area contributed by atoms with Gasteiger partial charge in [0.2, 0.25) is 0 Å². The summed E-state index contributed by atoms with van der Waals surface area (Å²) in [5.74, 6) is -0.402. The molecule has 0 saturated carbocycles. The van der Waals surface area contributed by atoms with Gasteiger partial charge in [-0.3, -0.25) is 4.57 Å². The van der Waals surface area contributed by atoms with Gasteiger partial charge < -0.3 is 4.42 Å². The van der Waals surface area contributed by atoms with Gasteiger partial charge >= 0.3 is 5.76 Å². The number of rotatable bonds is 4. The van der Waals surface area contributed by atoms with E-state index in [4.69, 9.17) is 4.42 Å². The molecule has 0 aliphatic heterocycles. The van der Waals surface area contributed by atoms with Gasteiger partial charge in [-0.25, -0.2) is 13.2 Å². The second-order valence-corrected chi connectivity index (χ2v) is 7.69. The first-order valence-corrected chi connectivity index (χ1v) is 8.74. The molecule has 104 valence electrons. The molecule has 2 aromatic rings. The normalized spacial score (nSPS) is 13.8. The SMILES string of the molecule is CCn1c(=O)oc2cc(C(Br)CS(C)(=O)=O)ccc21. The summed E-state index contributed by atoms with van der Waals surface area (Å²) in [7, 11) is -3.08. The molecule has 5 nitrogen and oxygen atoms in total. The largest absolute Gasteiger partial charge is 0.419 e. The van der Waals surface area contributed by atoms with Gasteiger partial charge in [0.15, 0.2) is 5.58 Å². The predicted molar refractivity (Wildman–Crippen MR) is 77.5 cm³/mol. The third-order valence-electron chi connectivity index (χ3n) is 2.82. The molecule has 2 rings (SSSR count). The first kappa shape index (κ1) is 14.3. The first-order valence-electron chi connectivity index (χ1n) is 5.77. The Labute approximate surface area is 119 Å². The maximum atomic E-state index is 11.6. The Morgan fingerprint density at radius 3 is 2.68 bits per heavy atom. The van der Waals surface area contributed by atoms with Gasteiger partial charge in [0, 0.05) is 12.8 Å². The minimum atomic E-state index is -3.08. The number of aromatic nitrogens is 1. The first-order chi connectivity index (χ1) is 8.81. The highest BCUT2D eigenvalue weighted by atomic mass is 79.9. The zero-order chi connectivity index (χ0) is 14.2. The molecular weight excluding hydrogens is 334 g/mol. The number of halogens is 1. The lowest BCUT2D eigenvalue weighted by Crippen LogP contribution is -2.12. The second-order valence-electron chi connectivity index (χ2n) is 4.40. The highest BCUT2D eigenvalue weighted by Crippen LogP contribution is 2.27. The van der Waals surface area contributed by atoms with Crippen molar-refractivity contribution in [2.45, 2.75) is 18.3 Å². The van der Waals surface area contributed by atoms with Crippen LogP contribution in [0.5, 0.6) is 0 Å². The quantitative estimate of drug-likeness (QED) is 0.794. The molecule has 7 heteroatoms. The Bertz CT molecular complexity index is 760. The van der Waals surface area contributed by atoms with Crippen LogP contribution in [0.2, 0.25) is 0 Å². The molecule has 19 heavy (non-hydrogen) atoms. The molecule has 1 unspecified atom stereocenters. The molecule has 1 aromatic carbocycles. The van der Waals surface area contributed by atoms with E-state index in [-0.39, 0.29) is 10.6 Å². The fourth-order valence-corrected chi connectivity index (χ4v) is 4.39. The zero-order valence-electron chi connectivity index (χ0n) is 10.6. The summed E-state index contributed by atoms with van der Waals surface area (Å²) in [6.07, 6.45) is 1.19. The van der Waals surface area contributed by atoms with Gasteiger partial charge in [-0.1, -0.05) is 22.0 Å². The van der Waals surface area contributed by atoms with E-state index < -0.39 is 15.6 Å². The average molecular weight is 348 g/mol. The van der Waals surface area contributed by atoms with Crippen molar-refractivity contribution in [1.29, 1.82) is 0 Å². The minimum absolute atomic E-state index is 0.00275. The summed E-state index contributed by atoms with van der Waals surface area (Å²) in [5, 5.41) is 0. The summed E-state index contributed by atoms with van der Waals surface area (Å²) in [4.78, 5) is 11.3. The van der Waals surface area contributed by atoms with Crippen LogP contribution in [0.15, 0.2) is 27.4 Å². The van der Waals surface area contributed by atoms with E-state index >= 15 is 0 Å². The highest BCUT2D eigenvalue weighted by Gasteiger charge is 2.16. The van der Waals surface area contributed by atoms with Gasteiger partial charge in [-0.05, 0) is 24.6 Å². The van der Waals surface area contributed by atoms with E-state index in [1.807, 2.05) is 6.92 Å². The molecule has 0 bridgehead atoms. The van der Waals surface area contributed by atoms with Gasteiger partial charge in [0.1, 0.15) is 9.84 Å². The van der Waals surface area contributed by atoms with Crippen LogP contribution < -0.4 is 5.76 Å². The molecule has 0 amide bonds. The van der Waals surface area contributed by atoms with Crippen LogP contribution in [-0.4, -0.2) is 25.0 Å². The van der Waals surface area contributed by atoms with Crippen molar-refractivity contribution >= 4 is 36.9 Å². The predicted octanol–water partition coefficient (Wildman–Crippen LogP) is 2.09. The van der Waals surface area contributed by atoms with Gasteiger partial charge in [0.25, 0.3) is 0 Å². The molecule has 0 spiro atoms. The van der Waals surface area contributed by atoms with Crippen LogP contribution in [0, 0.1) is 0 Å². The van der Waals surface area contributed by atoms with Crippen LogP contribution in [-0.2, 0) is 16.4 Å². The van der Waals surface area contributed by atoms with Crippen molar-refractivity contribution in [2.24, 2.45) is 0 Å². The van der Waals surface area contributed by atoms with Crippen molar-refractivity contribution in [3.63, 3.8) is 0 Å². The van der Waals surface area contributed by atoms with E-state index in [0.717, 1.165) is 11.1 Å². The van der Waals surface area contributed by atoms with Crippen LogP contribution in [0.4, 0.5) is 0 Å². The third-order valence-corrected chi connectivity index (χ3v) is 5.04. The Kier molecular flexibility index (Phi) is 3.87. The third kappa shape index (κ3) is 3.09. The van der Waals surface area contributed by atoms with E-state index in [1.54, 1.807) is 18.2 Å².